The van der Waals surface area contributed by atoms with Crippen LogP contribution in [-0.2, 0) is 47.1 Å². The fraction of sp³-hybridized carbons (Fsp3) is 0.633. The van der Waals surface area contributed by atoms with E-state index in [0.29, 0.717) is 62.8 Å². The molecule has 14 unspecified atom stereocenters. The zero-order valence-electron chi connectivity index (χ0n) is 51.2. The molecule has 0 saturated carbocycles. The SMILES string of the molecule is CC1=C2N=C(C=C3N/C(=C(/C)C4=NC(C)(C5CC(C)(CCC(=O)NCC(C)OP(=O)(O)OC6C(CO)OC(n7cnc8cc(C)c(C)cc87)C6O)C1=N5)C(C)(CC(N)=O)C4CCC(N)=O)C(C)(CC(N)=O)C3CCC(N)=O)C(C)(C)C2CCC(N)=O. The van der Waals surface area contributed by atoms with Crippen molar-refractivity contribution in [2.45, 2.75) is 189 Å². The van der Waals surface area contributed by atoms with Crippen LogP contribution in [-0.4, -0.2) is 126 Å². The van der Waals surface area contributed by atoms with E-state index >= 15 is 0 Å². The van der Waals surface area contributed by atoms with E-state index in [2.05, 4.69) is 15.6 Å². The van der Waals surface area contributed by atoms with Crippen molar-refractivity contribution in [1.29, 1.82) is 0 Å². The number of hydrogen-bond acceptors (Lipinski definition) is 17. The topological polar surface area (TPSA) is 417 Å². The van der Waals surface area contributed by atoms with Crippen LogP contribution in [0.5, 0.6) is 0 Å². The molecule has 0 radical (unpaired) electrons. The summed E-state index contributed by atoms with van der Waals surface area (Å²) < 4.78 is 32.2. The quantitative estimate of drug-likeness (QED) is 0.0663. The number of fused-ring (bicyclic) bond motifs is 7. The summed E-state index contributed by atoms with van der Waals surface area (Å²) in [5.41, 5.74) is 32.8. The summed E-state index contributed by atoms with van der Waals surface area (Å²) >= 11 is 0. The number of amides is 6. The van der Waals surface area contributed by atoms with Gasteiger partial charge < -0.3 is 63.7 Å². The average Bonchev–Trinajstić information content (AvgIpc) is 1.55. The number of imidazole rings is 1. The van der Waals surface area contributed by atoms with Crippen molar-refractivity contribution in [2.24, 2.45) is 83.1 Å². The molecule has 6 amide bonds. The third kappa shape index (κ3) is 12.4. The maximum absolute atomic E-state index is 14.1. The van der Waals surface area contributed by atoms with Crippen LogP contribution < -0.4 is 39.3 Å². The molecule has 86 heavy (non-hydrogen) atoms. The van der Waals surface area contributed by atoms with E-state index in [0.717, 1.165) is 11.1 Å². The van der Waals surface area contributed by atoms with Crippen molar-refractivity contribution in [3.8, 4) is 0 Å². The molecule has 2 fully saturated rings. The first-order valence-corrected chi connectivity index (χ1v) is 30.9. The van der Waals surface area contributed by atoms with Crippen molar-refractivity contribution in [2.75, 3.05) is 13.2 Å². The average molecular weight is 1220 g/mol. The highest BCUT2D eigenvalue weighted by atomic mass is 31.2. The summed E-state index contributed by atoms with van der Waals surface area (Å²) in [5, 5.41) is 28.2. The third-order valence-corrected chi connectivity index (χ3v) is 20.9. The van der Waals surface area contributed by atoms with Crippen LogP contribution in [0.15, 0.2) is 67.8 Å². The van der Waals surface area contributed by atoms with Crippen LogP contribution in [0.1, 0.15) is 150 Å². The number of ether oxygens (including phenoxy) is 1. The molecule has 15 N–H and O–H groups in total. The molecule has 25 nitrogen and oxygen atoms in total. The first-order valence-electron chi connectivity index (χ1n) is 29.4. The fourth-order valence-corrected chi connectivity index (χ4v) is 15.8. The van der Waals surface area contributed by atoms with Gasteiger partial charge in [-0.2, -0.15) is 0 Å². The Balaban J connectivity index is 1.14. The lowest BCUT2D eigenvalue weighted by molar-refractivity contribution is -0.123. The minimum Gasteiger partial charge on any atom is -0.394 e. The molecule has 2 aromatic rings. The molecular weight excluding hydrogens is 1130 g/mol. The van der Waals surface area contributed by atoms with Crippen molar-refractivity contribution < 1.29 is 62.2 Å². The number of nitrogens with one attached hydrogen (secondary N) is 2. The number of benzene rings is 1. The Bertz CT molecular complexity index is 3370. The van der Waals surface area contributed by atoms with E-state index in [1.54, 1.807) is 4.57 Å². The van der Waals surface area contributed by atoms with Crippen LogP contribution in [0.2, 0.25) is 0 Å². The summed E-state index contributed by atoms with van der Waals surface area (Å²) in [4.78, 5) is 111. The summed E-state index contributed by atoms with van der Waals surface area (Å²) in [5.74, 6) is -4.89. The third-order valence-electron chi connectivity index (χ3n) is 19.8. The molecule has 8 bridgehead atoms. The molecular formula is C60H87N12O13P. The Morgan fingerprint density at radius 2 is 1.45 bits per heavy atom. The fourth-order valence-electron chi connectivity index (χ4n) is 14.7. The predicted molar refractivity (Wildman–Crippen MR) is 321 cm³/mol. The van der Waals surface area contributed by atoms with Gasteiger partial charge in [-0.25, -0.2) is 9.55 Å². The molecule has 7 heterocycles. The van der Waals surface area contributed by atoms with Gasteiger partial charge in [0.15, 0.2) is 6.23 Å². The number of phosphoric ester groups is 1. The number of nitrogens with two attached hydrogens (primary N) is 5. The van der Waals surface area contributed by atoms with Gasteiger partial charge in [-0.15, -0.1) is 0 Å². The largest absolute Gasteiger partial charge is 0.472 e. The molecule has 6 aliphatic heterocycles. The molecule has 8 rings (SSSR count). The smallest absolute Gasteiger partial charge is 0.394 e. The van der Waals surface area contributed by atoms with Gasteiger partial charge in [0, 0.05) is 119 Å². The normalized spacial score (nSPS) is 33.0. The summed E-state index contributed by atoms with van der Waals surface area (Å²) in [7, 11) is -5.00. The molecule has 0 aliphatic carbocycles. The highest BCUT2D eigenvalue weighted by Gasteiger charge is 2.64. The highest BCUT2D eigenvalue weighted by Crippen LogP contribution is 2.61. The van der Waals surface area contributed by atoms with E-state index in [9.17, 15) is 48.4 Å². The summed E-state index contributed by atoms with van der Waals surface area (Å²) in [6, 6.07) is 3.05. The zero-order valence-corrected chi connectivity index (χ0v) is 52.1. The number of aliphatic hydroxyl groups is 2. The standard InChI is InChI=1S/C60H87N12O13P/c1-29-20-38-39(21-30(29)2)72(28-67-38)55-51(80)52(40(27-73)83-55)85-86(81,82)84-31(3)26-66-48(79)18-19-57(8)23-42-60(11)59(10,25-47(65)78)36(14-17-45(63)76)50(71-60)33(5)54-58(9,24-46(64)77)34(12-15-43(61)74)37(68-54)22-41-56(6,7)35(13-16-44(62)75)49(69-41)32(4)53(57)70-42/h20-22,28,31,34-36,40,42,51-52,55,68,73,80H,12-19,23-27H2,1-11H3,(H2,61,74)(H2,62,75)(H2,63,76)(H2,64,77)(H2,65,78)(H,66,79)(H,81,82)/b37-22?,49-32?,54-33-. The molecule has 470 valence electrons. The number of aliphatic hydroxyl groups excluding tert-OH is 2. The Kier molecular flexibility index (Phi) is 18.5. The Morgan fingerprint density at radius 3 is 2.06 bits per heavy atom. The highest BCUT2D eigenvalue weighted by molar-refractivity contribution is 7.47. The predicted octanol–water partition coefficient (Wildman–Crippen LogP) is 4.06. The van der Waals surface area contributed by atoms with Gasteiger partial charge in [0.1, 0.15) is 18.3 Å². The van der Waals surface area contributed by atoms with Crippen molar-refractivity contribution in [3.63, 3.8) is 0 Å². The second-order valence-corrected chi connectivity index (χ2v) is 27.6. The Labute approximate surface area is 501 Å². The summed E-state index contributed by atoms with van der Waals surface area (Å²) in [6.45, 7) is 20.0. The zero-order chi connectivity index (χ0) is 63.6. The number of allylic oxidation sites excluding steroid dienone is 6. The second-order valence-electron chi connectivity index (χ2n) is 26.2. The van der Waals surface area contributed by atoms with E-state index in [1.165, 1.54) is 13.3 Å². The van der Waals surface area contributed by atoms with Gasteiger partial charge in [-0.3, -0.25) is 52.8 Å². The van der Waals surface area contributed by atoms with Crippen LogP contribution in [0.25, 0.3) is 11.0 Å². The molecule has 2 saturated heterocycles. The molecule has 14 atom stereocenters. The number of aliphatic imine (C=N–C) groups is 3. The first kappa shape index (κ1) is 65.5. The Hall–Kier alpha value is -6.47. The molecule has 0 spiro atoms. The van der Waals surface area contributed by atoms with Crippen molar-refractivity contribution >= 4 is 71.4 Å². The van der Waals surface area contributed by atoms with Gasteiger partial charge in [-0.1, -0.05) is 34.6 Å². The van der Waals surface area contributed by atoms with Gasteiger partial charge in [0.2, 0.25) is 35.4 Å². The monoisotopic (exact) mass is 1210 g/mol. The van der Waals surface area contributed by atoms with Crippen molar-refractivity contribution in [1.82, 2.24) is 20.2 Å². The number of phosphoric acid groups is 1. The molecule has 6 aliphatic rings. The lowest BCUT2D eigenvalue weighted by Crippen LogP contribution is -2.53. The lowest BCUT2D eigenvalue weighted by Gasteiger charge is -2.45. The molecule has 1 aromatic heterocycles. The van der Waals surface area contributed by atoms with Gasteiger partial charge in [0.25, 0.3) is 0 Å². The maximum Gasteiger partial charge on any atom is 0.472 e. The number of carbonyl (C=O) groups excluding carboxylic acids is 6. The number of aryl methyl sites for hydroxylation is 2. The number of aromatic nitrogens is 2. The van der Waals surface area contributed by atoms with E-state index in [1.807, 2.05) is 87.4 Å². The van der Waals surface area contributed by atoms with Crippen molar-refractivity contribution in [3.05, 3.63) is 63.9 Å². The van der Waals surface area contributed by atoms with Crippen LogP contribution >= 0.6 is 7.82 Å². The maximum atomic E-state index is 14.1. The summed E-state index contributed by atoms with van der Waals surface area (Å²) in [6.07, 6.45) is -2.43. The van der Waals surface area contributed by atoms with Crippen LogP contribution in [0.4, 0.5) is 0 Å². The number of hydrogen-bond donors (Lipinski definition) is 10. The van der Waals surface area contributed by atoms with E-state index < -0.39 is 132 Å². The van der Waals surface area contributed by atoms with Crippen LogP contribution in [0.3, 0.4) is 0 Å². The molecule has 26 heteroatoms. The van der Waals surface area contributed by atoms with E-state index in [-0.39, 0.29) is 70.8 Å². The van der Waals surface area contributed by atoms with Crippen LogP contribution in [0, 0.1) is 53.3 Å². The number of primary amides is 5. The van der Waals surface area contributed by atoms with E-state index in [4.69, 9.17) is 57.4 Å². The number of nitrogens with zero attached hydrogens (tertiary/aromatic N) is 5. The minimum absolute atomic E-state index is 0.0246. The van der Waals surface area contributed by atoms with Gasteiger partial charge in [0.05, 0.1) is 41.7 Å². The van der Waals surface area contributed by atoms with Gasteiger partial charge >= 0.3 is 7.82 Å². The number of rotatable bonds is 24. The molecule has 1 aromatic carbocycles. The lowest BCUT2D eigenvalue weighted by atomic mass is 9.58. The second kappa shape index (κ2) is 24.2. The first-order chi connectivity index (χ1) is 40.0. The number of carbonyl (C=O) groups is 6. The van der Waals surface area contributed by atoms with Gasteiger partial charge in [-0.05, 0) is 114 Å². The minimum atomic E-state index is -5.00. The Morgan fingerprint density at radius 1 is 0.849 bits per heavy atom.